The molecule has 150 valence electrons. The Bertz CT molecular complexity index is 829. The summed E-state index contributed by atoms with van der Waals surface area (Å²) in [6.07, 6.45) is 5.58. The summed E-state index contributed by atoms with van der Waals surface area (Å²) in [5, 5.41) is 9.05. The summed E-state index contributed by atoms with van der Waals surface area (Å²) in [5.74, 6) is 1.23. The number of carboxylic acids is 1. The fourth-order valence-electron chi connectivity index (χ4n) is 4.37. The van der Waals surface area contributed by atoms with E-state index in [1.165, 1.54) is 19.3 Å². The Kier molecular flexibility index (Phi) is 5.62. The molecule has 0 unspecified atom stereocenters. The molecule has 1 aromatic carbocycles. The largest absolute Gasteiger partial charge is 0.480 e. The maximum absolute atomic E-state index is 11.0. The molecule has 0 atom stereocenters. The Morgan fingerprint density at radius 2 is 1.54 bits per heavy atom. The number of aliphatic carboxylic acids is 1. The summed E-state index contributed by atoms with van der Waals surface area (Å²) in [6, 6.07) is 8.39. The Labute approximate surface area is 166 Å². The summed E-state index contributed by atoms with van der Waals surface area (Å²) in [6.45, 7) is 3.93. The van der Waals surface area contributed by atoms with E-state index in [0.29, 0.717) is 6.04 Å². The zero-order chi connectivity index (χ0) is 19.5. The van der Waals surface area contributed by atoms with E-state index in [4.69, 9.17) is 15.1 Å². The van der Waals surface area contributed by atoms with Crippen molar-refractivity contribution in [2.24, 2.45) is 0 Å². The van der Waals surface area contributed by atoms with Crippen LogP contribution in [0.25, 0.3) is 11.0 Å². The minimum Gasteiger partial charge on any atom is -0.480 e. The van der Waals surface area contributed by atoms with Gasteiger partial charge in [0.25, 0.3) is 0 Å². The number of carboxylic acid groups (broad SMARTS) is 1. The molecule has 28 heavy (non-hydrogen) atoms. The smallest absolute Gasteiger partial charge is 0.317 e. The Hall–Kier alpha value is -2.41. The van der Waals surface area contributed by atoms with E-state index < -0.39 is 5.97 Å². The lowest BCUT2D eigenvalue weighted by Gasteiger charge is -2.38. The molecule has 1 aromatic heterocycles. The number of hydrogen-bond acceptors (Lipinski definition) is 6. The third-order valence-electron chi connectivity index (χ3n) is 5.96. The molecule has 7 heteroatoms. The van der Waals surface area contributed by atoms with Crippen LogP contribution < -0.4 is 9.80 Å². The van der Waals surface area contributed by atoms with E-state index in [1.54, 1.807) is 0 Å². The second-order valence-corrected chi connectivity index (χ2v) is 7.93. The molecule has 7 nitrogen and oxygen atoms in total. The zero-order valence-corrected chi connectivity index (χ0v) is 16.5. The van der Waals surface area contributed by atoms with Gasteiger partial charge in [0.2, 0.25) is 0 Å². The average Bonchev–Trinajstić information content (AvgIpc) is 2.73. The number of carbonyl (C=O) groups is 1. The van der Waals surface area contributed by atoms with Crippen LogP contribution in [0, 0.1) is 0 Å². The van der Waals surface area contributed by atoms with Gasteiger partial charge in [-0.15, -0.1) is 0 Å². The van der Waals surface area contributed by atoms with Gasteiger partial charge < -0.3 is 14.9 Å². The fourth-order valence-corrected chi connectivity index (χ4v) is 4.37. The molecular weight excluding hydrogens is 354 g/mol. The van der Waals surface area contributed by atoms with Crippen LogP contribution in [0.5, 0.6) is 0 Å². The molecule has 0 bridgehead atoms. The normalized spacial score (nSPS) is 18.8. The van der Waals surface area contributed by atoms with Crippen molar-refractivity contribution in [1.29, 1.82) is 0 Å². The van der Waals surface area contributed by atoms with Crippen LogP contribution >= 0.6 is 0 Å². The molecule has 0 spiro atoms. The van der Waals surface area contributed by atoms with Crippen molar-refractivity contribution in [3.63, 3.8) is 0 Å². The van der Waals surface area contributed by atoms with E-state index >= 15 is 0 Å². The highest BCUT2D eigenvalue weighted by molar-refractivity contribution is 5.81. The molecule has 2 fully saturated rings. The van der Waals surface area contributed by atoms with Crippen molar-refractivity contribution in [2.45, 2.75) is 38.1 Å². The molecular formula is C21H29N5O2. The van der Waals surface area contributed by atoms with Crippen LogP contribution in [-0.4, -0.2) is 71.8 Å². The van der Waals surface area contributed by atoms with Gasteiger partial charge in [0, 0.05) is 32.2 Å². The van der Waals surface area contributed by atoms with Gasteiger partial charge in [-0.1, -0.05) is 12.1 Å². The summed E-state index contributed by atoms with van der Waals surface area (Å²) >= 11 is 0. The van der Waals surface area contributed by atoms with Gasteiger partial charge >= 0.3 is 5.97 Å². The maximum atomic E-state index is 11.0. The predicted octanol–water partition coefficient (Wildman–Crippen LogP) is 2.61. The minimum absolute atomic E-state index is 0.0967. The Morgan fingerprint density at radius 3 is 2.07 bits per heavy atom. The summed E-state index contributed by atoms with van der Waals surface area (Å²) < 4.78 is 0. The molecule has 4 rings (SSSR count). The Morgan fingerprint density at radius 1 is 1.00 bits per heavy atom. The Balaban J connectivity index is 1.58. The lowest BCUT2D eigenvalue weighted by molar-refractivity contribution is -0.138. The van der Waals surface area contributed by atoms with E-state index in [-0.39, 0.29) is 6.54 Å². The second-order valence-electron chi connectivity index (χ2n) is 7.93. The first-order chi connectivity index (χ1) is 13.6. The summed E-state index contributed by atoms with van der Waals surface area (Å²) in [4.78, 5) is 27.7. The zero-order valence-electron chi connectivity index (χ0n) is 16.5. The van der Waals surface area contributed by atoms with E-state index in [0.717, 1.165) is 61.7 Å². The van der Waals surface area contributed by atoms with Gasteiger partial charge in [0.05, 0.1) is 17.6 Å². The first kappa shape index (κ1) is 18.9. The molecule has 1 N–H and O–H groups in total. The lowest BCUT2D eigenvalue weighted by atomic mass is 10.0. The van der Waals surface area contributed by atoms with Crippen molar-refractivity contribution >= 4 is 28.6 Å². The lowest BCUT2D eigenvalue weighted by Crippen LogP contribution is -2.45. The maximum Gasteiger partial charge on any atom is 0.317 e. The van der Waals surface area contributed by atoms with Gasteiger partial charge in [-0.05, 0) is 51.3 Å². The molecule has 2 aromatic rings. The van der Waals surface area contributed by atoms with Crippen LogP contribution in [-0.2, 0) is 4.79 Å². The minimum atomic E-state index is -0.766. The molecule has 0 amide bonds. The van der Waals surface area contributed by atoms with Crippen molar-refractivity contribution in [2.75, 3.05) is 49.6 Å². The number of fused-ring (bicyclic) bond motifs is 1. The van der Waals surface area contributed by atoms with E-state index in [2.05, 4.69) is 9.80 Å². The average molecular weight is 383 g/mol. The second kappa shape index (κ2) is 8.31. The van der Waals surface area contributed by atoms with Crippen molar-refractivity contribution in [3.8, 4) is 0 Å². The third-order valence-corrected chi connectivity index (χ3v) is 5.96. The number of anilines is 2. The molecule has 0 aliphatic carbocycles. The van der Waals surface area contributed by atoms with Crippen molar-refractivity contribution in [1.82, 2.24) is 14.9 Å². The number of likely N-dealkylation sites (N-methyl/N-ethyl adjacent to an activating group) is 1. The highest BCUT2D eigenvalue weighted by Gasteiger charge is 2.28. The molecule has 3 heterocycles. The number of rotatable bonds is 5. The topological polar surface area (TPSA) is 72.8 Å². The van der Waals surface area contributed by atoms with Gasteiger partial charge in [-0.25, -0.2) is 9.97 Å². The van der Waals surface area contributed by atoms with Crippen molar-refractivity contribution < 1.29 is 9.90 Å². The number of aromatic nitrogens is 2. The fraction of sp³-hybridized carbons (Fsp3) is 0.571. The SMILES string of the molecule is CN(CC(=O)O)C1CCN(c2nc3ccccc3nc2N2CCCCC2)CC1. The molecule has 2 aliphatic heterocycles. The number of piperidine rings is 2. The standard InChI is InChI=1S/C21H29N5O2/c1-24(15-19(27)28)16-9-13-26(14-10-16)21-20(25-11-5-2-6-12-25)22-17-7-3-4-8-18(17)23-21/h3-4,7-8,16H,2,5-6,9-15H2,1H3,(H,27,28). The molecule has 2 saturated heterocycles. The van der Waals surface area contributed by atoms with Crippen LogP contribution in [0.3, 0.4) is 0 Å². The predicted molar refractivity (Wildman–Crippen MR) is 111 cm³/mol. The summed E-state index contributed by atoms with van der Waals surface area (Å²) in [7, 11) is 1.91. The van der Waals surface area contributed by atoms with Crippen LogP contribution in [0.15, 0.2) is 24.3 Å². The third kappa shape index (κ3) is 4.04. The molecule has 0 saturated carbocycles. The first-order valence-corrected chi connectivity index (χ1v) is 10.3. The first-order valence-electron chi connectivity index (χ1n) is 10.3. The highest BCUT2D eigenvalue weighted by atomic mass is 16.4. The quantitative estimate of drug-likeness (QED) is 0.851. The van der Waals surface area contributed by atoms with Gasteiger partial charge in [0.1, 0.15) is 0 Å². The van der Waals surface area contributed by atoms with Gasteiger partial charge in [-0.2, -0.15) is 0 Å². The summed E-state index contributed by atoms with van der Waals surface area (Å²) in [5.41, 5.74) is 1.88. The van der Waals surface area contributed by atoms with Crippen LogP contribution in [0.2, 0.25) is 0 Å². The number of benzene rings is 1. The van der Waals surface area contributed by atoms with Gasteiger partial charge in [0.15, 0.2) is 11.6 Å². The molecule has 2 aliphatic rings. The van der Waals surface area contributed by atoms with E-state index in [1.807, 2.05) is 36.2 Å². The van der Waals surface area contributed by atoms with Crippen molar-refractivity contribution in [3.05, 3.63) is 24.3 Å². The van der Waals surface area contributed by atoms with Gasteiger partial charge in [-0.3, -0.25) is 9.69 Å². The molecule has 0 radical (unpaired) electrons. The van der Waals surface area contributed by atoms with Crippen LogP contribution in [0.1, 0.15) is 32.1 Å². The number of hydrogen-bond donors (Lipinski definition) is 1. The highest BCUT2D eigenvalue weighted by Crippen LogP contribution is 2.32. The number of nitrogens with zero attached hydrogens (tertiary/aromatic N) is 5. The van der Waals surface area contributed by atoms with E-state index in [9.17, 15) is 4.79 Å². The number of para-hydroxylation sites is 2. The van der Waals surface area contributed by atoms with Crippen LogP contribution in [0.4, 0.5) is 11.6 Å². The monoisotopic (exact) mass is 383 g/mol.